The Morgan fingerprint density at radius 2 is 2.18 bits per heavy atom. The molecule has 1 fully saturated rings. The van der Waals surface area contributed by atoms with E-state index in [0.717, 1.165) is 0 Å². The van der Waals surface area contributed by atoms with Crippen LogP contribution in [0.15, 0.2) is 6.20 Å². The van der Waals surface area contributed by atoms with Crippen molar-refractivity contribution in [1.29, 1.82) is 0 Å². The first-order chi connectivity index (χ1) is 10.6. The van der Waals surface area contributed by atoms with Gasteiger partial charge in [0, 0.05) is 0 Å². The molecule has 0 unspecified atom stereocenters. The van der Waals surface area contributed by atoms with E-state index >= 15 is 0 Å². The third-order valence-electron chi connectivity index (χ3n) is 3.38. The quantitative estimate of drug-likeness (QED) is 0.413. The maximum atomic E-state index is 10.1. The molecule has 1 aliphatic heterocycles. The summed E-state index contributed by atoms with van der Waals surface area (Å²) in [6.07, 6.45) is -2.98. The van der Waals surface area contributed by atoms with Crippen molar-refractivity contribution in [2.45, 2.75) is 24.5 Å². The van der Waals surface area contributed by atoms with Gasteiger partial charge in [-0.3, -0.25) is 4.84 Å². The zero-order valence-electron chi connectivity index (χ0n) is 11.4. The van der Waals surface area contributed by atoms with Crippen LogP contribution in [-0.4, -0.2) is 67.1 Å². The fraction of sp³-hybridized carbons (Fsp3) is 0.545. The van der Waals surface area contributed by atoms with Crippen LogP contribution in [0.1, 0.15) is 6.23 Å². The molecule has 0 amide bonds. The van der Waals surface area contributed by atoms with Gasteiger partial charge in [-0.05, 0) is 11.6 Å². The topological polar surface area (TPSA) is 135 Å². The fourth-order valence-corrected chi connectivity index (χ4v) is 2.51. The molecule has 1 saturated heterocycles. The molecule has 3 heterocycles. The summed E-state index contributed by atoms with van der Waals surface area (Å²) in [6, 6.07) is 0. The third-order valence-corrected chi connectivity index (χ3v) is 3.55. The molecule has 1 aliphatic rings. The van der Waals surface area contributed by atoms with Crippen LogP contribution in [0, 0.1) is 0 Å². The van der Waals surface area contributed by atoms with Crippen molar-refractivity contribution in [3.8, 4) is 0 Å². The molecule has 0 radical (unpaired) electrons. The predicted molar refractivity (Wildman–Crippen MR) is 74.0 cm³/mol. The lowest BCUT2D eigenvalue weighted by atomic mass is 10.1. The molecule has 10 nitrogen and oxygen atoms in total. The Kier molecular flexibility index (Phi) is 4.12. The molecule has 22 heavy (non-hydrogen) atoms. The van der Waals surface area contributed by atoms with Gasteiger partial charge in [-0.2, -0.15) is 15.1 Å². The lowest BCUT2D eigenvalue weighted by Crippen LogP contribution is -2.33. The summed E-state index contributed by atoms with van der Waals surface area (Å²) >= 11 is 5.86. The van der Waals surface area contributed by atoms with Gasteiger partial charge < -0.3 is 20.1 Å². The Hall–Kier alpha value is -1.56. The number of aliphatic hydroxyl groups is 3. The molecule has 4 atom stereocenters. The number of ether oxygens (including phenoxy) is 1. The first-order valence-electron chi connectivity index (χ1n) is 6.39. The van der Waals surface area contributed by atoms with E-state index < -0.39 is 31.1 Å². The second-order valence-electron chi connectivity index (χ2n) is 4.70. The predicted octanol–water partition coefficient (Wildman–Crippen LogP) is -0.936. The van der Waals surface area contributed by atoms with Crippen molar-refractivity contribution in [3.05, 3.63) is 11.5 Å². The lowest BCUT2D eigenvalue weighted by Gasteiger charge is -2.15. The zero-order chi connectivity index (χ0) is 15.9. The fourth-order valence-electron chi connectivity index (χ4n) is 2.34. The van der Waals surface area contributed by atoms with E-state index in [9.17, 15) is 10.2 Å². The summed E-state index contributed by atoms with van der Waals surface area (Å²) in [6.45, 7) is -0.430. The highest BCUT2D eigenvalue weighted by Crippen LogP contribution is 2.32. The minimum absolute atomic E-state index is 0.0551. The van der Waals surface area contributed by atoms with Gasteiger partial charge in [0.15, 0.2) is 17.7 Å². The van der Waals surface area contributed by atoms with Crippen LogP contribution in [0.3, 0.4) is 0 Å². The summed E-state index contributed by atoms with van der Waals surface area (Å²) in [7, 11) is 1.41. The molecule has 11 heteroatoms. The molecule has 0 saturated carbocycles. The molecule has 0 bridgehead atoms. The van der Waals surface area contributed by atoms with Gasteiger partial charge in [0.25, 0.3) is 0 Å². The van der Waals surface area contributed by atoms with Gasteiger partial charge in [0.2, 0.25) is 5.28 Å². The first-order valence-corrected chi connectivity index (χ1v) is 6.76. The number of nitrogens with zero attached hydrogens (tertiary/aromatic N) is 4. The lowest BCUT2D eigenvalue weighted by molar-refractivity contribution is -0.0566. The summed E-state index contributed by atoms with van der Waals surface area (Å²) < 4.78 is 6.69. The Balaban J connectivity index is 2.05. The number of nitrogens with one attached hydrogen (secondary N) is 1. The van der Waals surface area contributed by atoms with Gasteiger partial charge in [-0.1, -0.05) is 0 Å². The van der Waals surface area contributed by atoms with Crippen molar-refractivity contribution >= 4 is 28.5 Å². The molecular formula is C11H14ClN5O5. The van der Waals surface area contributed by atoms with Gasteiger partial charge in [-0.15, -0.1) is 0 Å². The van der Waals surface area contributed by atoms with Gasteiger partial charge in [0.1, 0.15) is 18.3 Å². The Morgan fingerprint density at radius 1 is 1.41 bits per heavy atom. The molecule has 0 spiro atoms. The van der Waals surface area contributed by atoms with Crippen molar-refractivity contribution in [1.82, 2.24) is 19.7 Å². The number of rotatable bonds is 4. The first kappa shape index (κ1) is 15.3. The number of aliphatic hydroxyl groups excluding tert-OH is 3. The van der Waals surface area contributed by atoms with Crippen LogP contribution in [0.4, 0.5) is 5.82 Å². The molecule has 2 aromatic rings. The van der Waals surface area contributed by atoms with Gasteiger partial charge in [-0.25, -0.2) is 10.2 Å². The van der Waals surface area contributed by atoms with E-state index in [1.165, 1.54) is 18.0 Å². The largest absolute Gasteiger partial charge is 0.394 e. The average molecular weight is 332 g/mol. The number of halogens is 1. The monoisotopic (exact) mass is 331 g/mol. The van der Waals surface area contributed by atoms with Crippen molar-refractivity contribution < 1.29 is 24.9 Å². The van der Waals surface area contributed by atoms with E-state index in [0.29, 0.717) is 11.2 Å². The molecule has 2 aromatic heterocycles. The highest BCUT2D eigenvalue weighted by Gasteiger charge is 2.44. The second kappa shape index (κ2) is 5.91. The molecule has 0 aliphatic carbocycles. The Labute approximate surface area is 129 Å². The minimum atomic E-state index is -1.27. The van der Waals surface area contributed by atoms with E-state index in [-0.39, 0.29) is 10.9 Å². The van der Waals surface area contributed by atoms with E-state index in [1.54, 1.807) is 0 Å². The van der Waals surface area contributed by atoms with Gasteiger partial charge in [0.05, 0.1) is 25.3 Å². The molecule has 3 rings (SSSR count). The van der Waals surface area contributed by atoms with Crippen molar-refractivity contribution in [2.75, 3.05) is 19.2 Å². The zero-order valence-corrected chi connectivity index (χ0v) is 12.2. The van der Waals surface area contributed by atoms with E-state index in [2.05, 4.69) is 20.5 Å². The van der Waals surface area contributed by atoms with Crippen LogP contribution in [0.2, 0.25) is 5.28 Å². The number of fused-ring (bicyclic) bond motifs is 1. The number of anilines is 1. The number of hydrogen-bond donors (Lipinski definition) is 4. The SMILES string of the molecule is CONc1nc(Cl)nc2c1cnn2[C@@H]1O[C@H](CO)[C@@H](O)[C@H]1O. The normalized spacial score (nSPS) is 28.4. The summed E-state index contributed by atoms with van der Waals surface area (Å²) in [5.41, 5.74) is 2.84. The highest BCUT2D eigenvalue weighted by atomic mass is 35.5. The van der Waals surface area contributed by atoms with Crippen LogP contribution < -0.4 is 5.48 Å². The Morgan fingerprint density at radius 3 is 2.82 bits per heavy atom. The van der Waals surface area contributed by atoms with Crippen molar-refractivity contribution in [2.24, 2.45) is 0 Å². The van der Waals surface area contributed by atoms with Gasteiger partial charge >= 0.3 is 0 Å². The van der Waals surface area contributed by atoms with Crippen LogP contribution in [0.25, 0.3) is 11.0 Å². The molecular weight excluding hydrogens is 318 g/mol. The summed E-state index contributed by atoms with van der Waals surface area (Å²) in [5.74, 6) is 0.301. The number of hydrogen-bond acceptors (Lipinski definition) is 9. The second-order valence-corrected chi connectivity index (χ2v) is 5.04. The highest BCUT2D eigenvalue weighted by molar-refractivity contribution is 6.28. The standard InChI is InChI=1S/C11H14ClN5O5/c1-21-16-8-4-2-13-17(9(4)15-11(12)14-8)10-7(20)6(19)5(3-18)22-10/h2,5-7,10,18-20H,3H2,1H3,(H,14,15,16)/t5-,6-,7-,10-/m1/s1. The minimum Gasteiger partial charge on any atom is -0.394 e. The van der Waals surface area contributed by atoms with E-state index in [1.807, 2.05) is 0 Å². The maximum Gasteiger partial charge on any atom is 0.226 e. The average Bonchev–Trinajstić information content (AvgIpc) is 3.02. The smallest absolute Gasteiger partial charge is 0.226 e. The van der Waals surface area contributed by atoms with Crippen LogP contribution >= 0.6 is 11.6 Å². The van der Waals surface area contributed by atoms with Crippen molar-refractivity contribution in [3.63, 3.8) is 0 Å². The van der Waals surface area contributed by atoms with Crippen LogP contribution in [-0.2, 0) is 9.57 Å². The van der Waals surface area contributed by atoms with E-state index in [4.69, 9.17) is 26.3 Å². The third kappa shape index (κ3) is 2.39. The molecule has 4 N–H and O–H groups in total. The van der Waals surface area contributed by atoms with Crippen LogP contribution in [0.5, 0.6) is 0 Å². The summed E-state index contributed by atoms with van der Waals surface area (Å²) in [5, 5.41) is 33.6. The summed E-state index contributed by atoms with van der Waals surface area (Å²) in [4.78, 5) is 12.8. The molecule has 120 valence electrons. The maximum absolute atomic E-state index is 10.1. The number of aromatic nitrogens is 4. The molecule has 0 aromatic carbocycles. The Bertz CT molecular complexity index is 682.